The van der Waals surface area contributed by atoms with Crippen LogP contribution in [0, 0.1) is 5.41 Å². The van der Waals surface area contributed by atoms with Gasteiger partial charge < -0.3 is 20.9 Å². The van der Waals surface area contributed by atoms with Crippen molar-refractivity contribution in [3.63, 3.8) is 0 Å². The third kappa shape index (κ3) is 4.29. The number of hydrogen-bond acceptors (Lipinski definition) is 5. The summed E-state index contributed by atoms with van der Waals surface area (Å²) >= 11 is 6.33. The standard InChI is InChI=1S/C20H23ClN6O2.ClH/c21-16-15-9-8-14(27(15)20(29)18(26-16)25-13-2-1-3-13)10-24-19(28)12-6-4-11(5-7-12)17(22)23;/h4-7,13-14H,1-3,8-10H2,(H3,22,23)(H,24,28)(H,25,26);1H. The van der Waals surface area contributed by atoms with Crippen molar-refractivity contribution in [3.05, 3.63) is 56.6 Å². The Labute approximate surface area is 185 Å². The molecule has 1 unspecified atom stereocenters. The molecule has 2 aromatic rings. The van der Waals surface area contributed by atoms with Gasteiger partial charge >= 0.3 is 0 Å². The molecule has 1 aromatic carbocycles. The van der Waals surface area contributed by atoms with Gasteiger partial charge in [-0.15, -0.1) is 12.4 Å². The lowest BCUT2D eigenvalue weighted by atomic mass is 9.93. The summed E-state index contributed by atoms with van der Waals surface area (Å²) in [6.07, 6.45) is 4.58. The van der Waals surface area contributed by atoms with Crippen LogP contribution in [0.5, 0.6) is 0 Å². The highest BCUT2D eigenvalue weighted by Crippen LogP contribution is 2.29. The molecule has 0 saturated heterocycles. The number of amides is 1. The number of nitrogens with one attached hydrogen (secondary N) is 3. The van der Waals surface area contributed by atoms with Crippen LogP contribution in [0.3, 0.4) is 0 Å². The average molecular weight is 451 g/mol. The molecule has 1 atom stereocenters. The van der Waals surface area contributed by atoms with Crippen molar-refractivity contribution in [2.24, 2.45) is 5.73 Å². The zero-order valence-corrected chi connectivity index (χ0v) is 17.9. The van der Waals surface area contributed by atoms with E-state index in [1.807, 2.05) is 0 Å². The lowest BCUT2D eigenvalue weighted by Crippen LogP contribution is -2.37. The molecular formula is C20H24Cl2N6O2. The van der Waals surface area contributed by atoms with Crippen molar-refractivity contribution in [3.8, 4) is 0 Å². The first-order valence-electron chi connectivity index (χ1n) is 9.74. The number of fused-ring (bicyclic) bond motifs is 1. The van der Waals surface area contributed by atoms with Gasteiger partial charge in [0.1, 0.15) is 5.84 Å². The van der Waals surface area contributed by atoms with Gasteiger partial charge in [0.2, 0.25) is 0 Å². The number of anilines is 1. The van der Waals surface area contributed by atoms with Crippen LogP contribution in [0.25, 0.3) is 0 Å². The Bertz CT molecular complexity index is 1020. The number of carbonyl (C=O) groups excluding carboxylic acids is 1. The van der Waals surface area contributed by atoms with Crippen LogP contribution in [-0.2, 0) is 6.42 Å². The van der Waals surface area contributed by atoms with Crippen molar-refractivity contribution in [2.75, 3.05) is 11.9 Å². The predicted molar refractivity (Wildman–Crippen MR) is 119 cm³/mol. The molecule has 1 aromatic heterocycles. The average Bonchev–Trinajstić information content (AvgIpc) is 3.11. The van der Waals surface area contributed by atoms with Gasteiger partial charge in [0.05, 0.1) is 11.7 Å². The number of nitrogens with two attached hydrogens (primary N) is 1. The molecule has 10 heteroatoms. The van der Waals surface area contributed by atoms with Crippen molar-refractivity contribution in [2.45, 2.75) is 44.2 Å². The van der Waals surface area contributed by atoms with Crippen LogP contribution in [-0.4, -0.2) is 33.9 Å². The molecule has 1 fully saturated rings. The third-order valence-electron chi connectivity index (χ3n) is 5.64. The van der Waals surface area contributed by atoms with Crippen LogP contribution < -0.4 is 21.9 Å². The zero-order valence-electron chi connectivity index (χ0n) is 16.3. The molecule has 5 N–H and O–H groups in total. The van der Waals surface area contributed by atoms with Gasteiger partial charge in [-0.2, -0.15) is 0 Å². The topological polar surface area (TPSA) is 126 Å². The summed E-state index contributed by atoms with van der Waals surface area (Å²) < 4.78 is 1.68. The van der Waals surface area contributed by atoms with Gasteiger partial charge in [-0.25, -0.2) is 4.98 Å². The van der Waals surface area contributed by atoms with E-state index in [0.717, 1.165) is 25.0 Å². The van der Waals surface area contributed by atoms with E-state index in [-0.39, 0.29) is 41.8 Å². The van der Waals surface area contributed by atoms with Gasteiger partial charge in [-0.3, -0.25) is 15.0 Å². The fourth-order valence-electron chi connectivity index (χ4n) is 3.74. The second kappa shape index (κ2) is 9.06. The lowest BCUT2D eigenvalue weighted by molar-refractivity contribution is 0.0948. The molecule has 1 amide bonds. The molecule has 1 aliphatic carbocycles. The molecular weight excluding hydrogens is 427 g/mol. The smallest absolute Gasteiger partial charge is 0.293 e. The molecule has 8 nitrogen and oxygen atoms in total. The monoisotopic (exact) mass is 450 g/mol. The van der Waals surface area contributed by atoms with Gasteiger partial charge in [0, 0.05) is 23.7 Å². The summed E-state index contributed by atoms with van der Waals surface area (Å²) in [6.45, 7) is 0.323. The Morgan fingerprint density at radius 2 is 1.90 bits per heavy atom. The second-order valence-corrected chi connectivity index (χ2v) is 7.90. The third-order valence-corrected chi connectivity index (χ3v) is 5.94. The zero-order chi connectivity index (χ0) is 20.5. The van der Waals surface area contributed by atoms with Crippen molar-refractivity contribution in [1.29, 1.82) is 5.41 Å². The molecule has 30 heavy (non-hydrogen) atoms. The summed E-state index contributed by atoms with van der Waals surface area (Å²) in [6, 6.07) is 6.64. The summed E-state index contributed by atoms with van der Waals surface area (Å²) in [7, 11) is 0. The minimum absolute atomic E-state index is 0. The summed E-state index contributed by atoms with van der Waals surface area (Å²) in [5.74, 6) is 0.00627. The Kier molecular flexibility index (Phi) is 6.67. The van der Waals surface area contributed by atoms with Gasteiger partial charge in [-0.1, -0.05) is 23.7 Å². The van der Waals surface area contributed by atoms with E-state index >= 15 is 0 Å². The number of aromatic nitrogens is 2. The molecule has 0 bridgehead atoms. The predicted octanol–water partition coefficient (Wildman–Crippen LogP) is 2.48. The van der Waals surface area contributed by atoms with Crippen molar-refractivity contribution in [1.82, 2.24) is 14.9 Å². The SMILES string of the molecule is Cl.N=C(N)c1ccc(C(=O)NCC2CCc3c(Cl)nc(NC4CCC4)c(=O)n32)cc1. The van der Waals surface area contributed by atoms with Crippen LogP contribution in [0.4, 0.5) is 5.82 Å². The normalized spacial score (nSPS) is 17.4. The maximum atomic E-state index is 12.9. The van der Waals surface area contributed by atoms with Crippen molar-refractivity contribution < 1.29 is 4.79 Å². The maximum absolute atomic E-state index is 12.9. The van der Waals surface area contributed by atoms with Crippen LogP contribution in [0.15, 0.2) is 29.1 Å². The van der Waals surface area contributed by atoms with E-state index < -0.39 is 0 Å². The number of nitrogen functional groups attached to an aromatic ring is 1. The van der Waals surface area contributed by atoms with E-state index in [1.54, 1.807) is 28.8 Å². The van der Waals surface area contributed by atoms with E-state index in [9.17, 15) is 9.59 Å². The maximum Gasteiger partial charge on any atom is 0.293 e. The van der Waals surface area contributed by atoms with Crippen LogP contribution >= 0.6 is 24.0 Å². The molecule has 0 spiro atoms. The number of amidine groups is 1. The largest absolute Gasteiger partial charge is 0.384 e. The number of hydrogen-bond donors (Lipinski definition) is 4. The Balaban J connectivity index is 0.00000256. The van der Waals surface area contributed by atoms with Crippen LogP contribution in [0.1, 0.15) is 53.3 Å². The Morgan fingerprint density at radius 1 is 1.23 bits per heavy atom. The lowest BCUT2D eigenvalue weighted by Gasteiger charge is -2.27. The molecule has 1 saturated carbocycles. The van der Waals surface area contributed by atoms with E-state index in [4.69, 9.17) is 22.7 Å². The minimum atomic E-state index is -0.241. The van der Waals surface area contributed by atoms with E-state index in [2.05, 4.69) is 15.6 Å². The van der Waals surface area contributed by atoms with Gasteiger partial charge in [0.15, 0.2) is 11.0 Å². The first-order chi connectivity index (χ1) is 13.9. The van der Waals surface area contributed by atoms with E-state index in [0.29, 0.717) is 41.5 Å². The first-order valence-corrected chi connectivity index (χ1v) is 10.1. The second-order valence-electron chi connectivity index (χ2n) is 7.54. The first kappa shape index (κ1) is 22.1. The fraction of sp³-hybridized carbons (Fsp3) is 0.400. The fourth-order valence-corrected chi connectivity index (χ4v) is 4.01. The molecule has 4 rings (SSSR count). The minimum Gasteiger partial charge on any atom is -0.384 e. The molecule has 2 heterocycles. The highest BCUT2D eigenvalue weighted by molar-refractivity contribution is 6.30. The summed E-state index contributed by atoms with van der Waals surface area (Å²) in [5, 5.41) is 13.9. The number of carbonyl (C=O) groups is 1. The number of benzene rings is 1. The quantitative estimate of drug-likeness (QED) is 0.397. The number of nitrogens with zero attached hydrogens (tertiary/aromatic N) is 2. The van der Waals surface area contributed by atoms with Gasteiger partial charge in [0.25, 0.3) is 11.5 Å². The van der Waals surface area contributed by atoms with Crippen LogP contribution in [0.2, 0.25) is 5.15 Å². The summed E-state index contributed by atoms with van der Waals surface area (Å²) in [4.78, 5) is 29.7. The van der Waals surface area contributed by atoms with Crippen molar-refractivity contribution >= 4 is 41.6 Å². The van der Waals surface area contributed by atoms with E-state index in [1.165, 1.54) is 0 Å². The number of rotatable bonds is 6. The molecule has 2 aliphatic rings. The highest BCUT2D eigenvalue weighted by Gasteiger charge is 2.29. The van der Waals surface area contributed by atoms with Gasteiger partial charge in [-0.05, 0) is 44.2 Å². The molecule has 0 radical (unpaired) electrons. The molecule has 1 aliphatic heterocycles. The Morgan fingerprint density at radius 3 is 2.50 bits per heavy atom. The molecule has 160 valence electrons. The number of halogens is 2. The Hall–Kier alpha value is -2.58. The highest BCUT2D eigenvalue weighted by atomic mass is 35.5. The summed E-state index contributed by atoms with van der Waals surface area (Å²) in [5.41, 5.74) is 7.01.